The lowest BCUT2D eigenvalue weighted by atomic mass is 9.49. The maximum Gasteiger partial charge on any atom is 0.112 e. The third kappa shape index (κ3) is 21.0. The Balaban J connectivity index is 0.000000102. The summed E-state index contributed by atoms with van der Waals surface area (Å²) in [6, 6.07) is 25.2. The quantitative estimate of drug-likeness (QED) is 0.0358. The normalized spacial score (nSPS) is 39.4. The summed E-state index contributed by atoms with van der Waals surface area (Å²) in [6.45, 7) is 14.9. The molecule has 6 aromatic rings. The molecule has 132 heavy (non-hydrogen) atoms. The zero-order valence-electron chi connectivity index (χ0n) is 77.1. The summed E-state index contributed by atoms with van der Waals surface area (Å²) >= 11 is 42.6. The minimum absolute atomic E-state index is 0.0873. The van der Waals surface area contributed by atoms with Crippen molar-refractivity contribution >= 4 is 225 Å². The number of aliphatic hydroxyl groups excluding tert-OH is 1. The van der Waals surface area contributed by atoms with Gasteiger partial charge < -0.3 is 71.4 Å². The largest absolute Gasteiger partial charge is 0.398 e. The lowest BCUT2D eigenvalue weighted by molar-refractivity contribution is -0.124. The first kappa shape index (κ1) is 100. The average Bonchev–Trinajstić information content (AvgIpc) is 0.442. The third-order valence-electron chi connectivity index (χ3n) is 38.4. The van der Waals surface area contributed by atoms with Gasteiger partial charge in [-0.3, -0.25) is 0 Å². The zero-order valence-corrected chi connectivity index (χ0v) is 96.1. The molecule has 0 spiro atoms. The summed E-state index contributed by atoms with van der Waals surface area (Å²) in [5.41, 5.74) is 49.9. The monoisotopic (exact) mass is 2560 g/mol. The first-order valence-electron chi connectivity index (χ1n) is 50.0. The Morgan fingerprint density at radius 2 is 0.508 bits per heavy atom. The van der Waals surface area contributed by atoms with Gasteiger partial charge in [0.15, 0.2) is 0 Å². The molecule has 0 saturated heterocycles. The van der Waals surface area contributed by atoms with E-state index in [0.29, 0.717) is 58.4 Å². The predicted octanol–water partition coefficient (Wildman–Crippen LogP) is 29.0. The van der Waals surface area contributed by atoms with E-state index in [4.69, 9.17) is 34.4 Å². The molecule has 720 valence electrons. The van der Waals surface area contributed by atoms with Crippen LogP contribution in [0.2, 0.25) is 0 Å². The third-order valence-corrected chi connectivity index (χ3v) is 45.1. The minimum Gasteiger partial charge on any atom is -0.398 e. The summed E-state index contributed by atoms with van der Waals surface area (Å²) in [7, 11) is 0. The molecule has 15 unspecified atom stereocenters. The molecule has 0 radical (unpaired) electrons. The predicted molar refractivity (Wildman–Crippen MR) is 584 cm³/mol. The van der Waals surface area contributed by atoms with Crippen LogP contribution < -0.4 is 66.3 Å². The van der Waals surface area contributed by atoms with Crippen LogP contribution in [-0.2, 0) is 39.3 Å². The highest BCUT2D eigenvalue weighted by Gasteiger charge is 2.61. The van der Waals surface area contributed by atoms with Gasteiger partial charge in [-0.25, -0.2) is 4.39 Å². The Kier molecular flexibility index (Phi) is 30.5. The first-order chi connectivity index (χ1) is 62.7. The van der Waals surface area contributed by atoms with E-state index in [1.807, 2.05) is 36.4 Å². The first-order valence-corrected chi connectivity index (χ1v) is 59.5. The summed E-state index contributed by atoms with van der Waals surface area (Å²) in [6.07, 6.45) is 39.1. The van der Waals surface area contributed by atoms with Crippen LogP contribution in [0.4, 0.5) is 38.5 Å². The molecule has 24 bridgehead atoms. The maximum atomic E-state index is 14.7. The smallest absolute Gasteiger partial charge is 0.112 e. The van der Waals surface area contributed by atoms with Crippen molar-refractivity contribution < 1.29 is 9.50 Å². The SMILES string of the molecule is CC1C2CC3CC(C2)CC1(NCc1cc(Br)cc(Br)c1N)C3.CC1C2CC3CC(C2)CC1(NCc1cc(Br)cc(Br)c1N)C3.CC1C2CC3CC1CC(NCc1cc(Br)cc(Br)c1N)(C3)C2.CC1C2CC3CC1CC(NCc1cc(Br)cc(Br)c1N)(C3)C2.Nc1c(Br)cc(Br)cc1CNC12CC3CC(CC(C3)C1O)C2.Nc1c(Br)cc(Br)cc1CNC1C2CC3CC1CC(F)(C3)C2. The number of benzene rings is 6. The van der Waals surface area contributed by atoms with E-state index >= 15 is 0 Å². The van der Waals surface area contributed by atoms with Crippen molar-refractivity contribution in [2.75, 3.05) is 34.4 Å². The van der Waals surface area contributed by atoms with Gasteiger partial charge in [0.25, 0.3) is 0 Å². The maximum absolute atomic E-state index is 14.7. The van der Waals surface area contributed by atoms with Crippen molar-refractivity contribution in [3.05, 3.63) is 160 Å². The van der Waals surface area contributed by atoms with Crippen LogP contribution in [0.25, 0.3) is 0 Å². The van der Waals surface area contributed by atoms with Crippen LogP contribution in [0.5, 0.6) is 0 Å². The minimum atomic E-state index is -0.855. The summed E-state index contributed by atoms with van der Waals surface area (Å²) in [5, 5.41) is 34.1. The van der Waals surface area contributed by atoms with Crippen LogP contribution in [0.15, 0.2) is 126 Å². The van der Waals surface area contributed by atoms with E-state index in [-0.39, 0.29) is 11.6 Å². The molecule has 0 aromatic heterocycles. The molecule has 24 aliphatic carbocycles. The second-order valence-electron chi connectivity index (χ2n) is 46.6. The summed E-state index contributed by atoms with van der Waals surface area (Å²) < 4.78 is 26.9. The number of halogens is 13. The number of hydrogen-bond acceptors (Lipinski definition) is 13. The van der Waals surface area contributed by atoms with Crippen molar-refractivity contribution in [1.29, 1.82) is 0 Å². The Hall–Kier alpha value is -0.470. The highest BCUT2D eigenvalue weighted by atomic mass is 79.9. The van der Waals surface area contributed by atoms with Crippen LogP contribution in [-0.4, -0.2) is 50.6 Å². The fourth-order valence-corrected chi connectivity index (χ4v) is 40.9. The van der Waals surface area contributed by atoms with Crippen molar-refractivity contribution in [3.63, 3.8) is 0 Å². The molecule has 13 nitrogen and oxygen atoms in total. The van der Waals surface area contributed by atoms with E-state index < -0.39 is 5.67 Å². The fraction of sp³-hybridized carbons (Fsp3) is 0.660. The van der Waals surface area contributed by atoms with Gasteiger partial charge in [-0.15, -0.1) is 0 Å². The number of nitrogens with one attached hydrogen (secondary N) is 6. The van der Waals surface area contributed by atoms with E-state index in [1.165, 1.54) is 183 Å². The summed E-state index contributed by atoms with van der Waals surface area (Å²) in [4.78, 5) is 0. The Morgan fingerprint density at radius 1 is 0.273 bits per heavy atom. The fourth-order valence-electron chi connectivity index (χ4n) is 33.0. The van der Waals surface area contributed by atoms with Crippen molar-refractivity contribution in [1.82, 2.24) is 31.9 Å². The van der Waals surface area contributed by atoms with E-state index in [2.05, 4.69) is 287 Å². The lowest BCUT2D eigenvalue weighted by Gasteiger charge is -2.61. The highest BCUT2D eigenvalue weighted by molar-refractivity contribution is 9.12. The second kappa shape index (κ2) is 40.2. The number of hydrogen-bond donors (Lipinski definition) is 13. The standard InChI is InChI=1S/4C18H24Br2N2.C17H21Br2FN2.C17H22Br2N2O/c2*1-10-13-3-11-2-12(4-13)8-18(10,7-11)22-9-14-5-15(19)6-16(20)17(14)21;2*1-10-12-2-11-3-13(10)8-18(6-11,7-12)22-9-14-4-15(19)5-16(20)17(14)21;18-13-3-12(15(21)14(19)4-13)8-22-16-10-1-9-2-11(16)7-17(20,5-9)6-10;18-13-4-12(15(20)14(19)5-13)8-21-17-6-9-1-10(7-17)3-11(2-9)16(17)22/h2*5-6,10-13,22H,2-4,7-9,21H2,1H3;2*4-5,10-13,22H,2-3,6-9,21H2,1H3;3-4,9-11,16,22H,1-2,5-8,21H2;4-5,9-11,16,21-22H,1-3,6-8,20H2. The van der Waals surface area contributed by atoms with Crippen molar-refractivity contribution in [3.8, 4) is 0 Å². The molecule has 6 aromatic carbocycles. The molecule has 0 amide bonds. The Morgan fingerprint density at radius 3 is 0.803 bits per heavy atom. The van der Waals surface area contributed by atoms with E-state index in [1.54, 1.807) is 0 Å². The highest BCUT2D eigenvalue weighted by Crippen LogP contribution is 2.65. The molecule has 24 fully saturated rings. The van der Waals surface area contributed by atoms with Crippen LogP contribution in [0, 0.1) is 130 Å². The molecule has 24 aliphatic rings. The molecule has 0 aliphatic heterocycles. The van der Waals surface area contributed by atoms with Gasteiger partial charge in [-0.05, 0) is 525 Å². The van der Waals surface area contributed by atoms with Gasteiger partial charge in [0.1, 0.15) is 5.67 Å². The molecule has 26 heteroatoms. The van der Waals surface area contributed by atoms with E-state index in [9.17, 15) is 9.50 Å². The number of nitrogens with two attached hydrogens (primary N) is 6. The van der Waals surface area contributed by atoms with Gasteiger partial charge in [-0.2, -0.15) is 0 Å². The van der Waals surface area contributed by atoms with Gasteiger partial charge in [0.2, 0.25) is 0 Å². The van der Waals surface area contributed by atoms with Crippen molar-refractivity contribution in [2.24, 2.45) is 130 Å². The van der Waals surface area contributed by atoms with Gasteiger partial charge in [0.05, 0.1) is 40.2 Å². The van der Waals surface area contributed by atoms with Crippen molar-refractivity contribution in [2.45, 2.75) is 305 Å². The molecular weight excluding hydrogens is 2440 g/mol. The topological polar surface area (TPSA) is 249 Å². The molecule has 30 rings (SSSR count). The Bertz CT molecular complexity index is 4800. The van der Waals surface area contributed by atoms with Gasteiger partial charge >= 0.3 is 0 Å². The molecule has 15 atom stereocenters. The summed E-state index contributed by atoms with van der Waals surface area (Å²) in [5.74, 6) is 18.7. The van der Waals surface area contributed by atoms with Crippen LogP contribution >= 0.6 is 191 Å². The molecule has 19 N–H and O–H groups in total. The number of nitrogen functional groups attached to an aromatic ring is 6. The number of aliphatic hydroxyl groups is 1. The zero-order chi connectivity index (χ0) is 92.9. The van der Waals surface area contributed by atoms with Crippen LogP contribution in [0.3, 0.4) is 0 Å². The molecule has 0 heterocycles. The second-order valence-corrected chi connectivity index (χ2v) is 57.2. The Labute approximate surface area is 886 Å². The van der Waals surface area contributed by atoms with E-state index in [0.717, 1.165) is 270 Å². The average molecular weight is 2580 g/mol. The molecule has 24 saturated carbocycles. The van der Waals surface area contributed by atoms with Gasteiger partial charge in [-0.1, -0.05) is 123 Å². The number of anilines is 6. The van der Waals surface area contributed by atoms with Gasteiger partial charge in [0, 0.05) is 127 Å². The lowest BCUT2D eigenvalue weighted by Crippen LogP contribution is -2.66. The number of rotatable bonds is 18. The molecular formula is C106H139Br12FN12O. The van der Waals surface area contributed by atoms with Crippen LogP contribution in [0.1, 0.15) is 254 Å². The number of alkyl halides is 1.